The molecule has 3 saturated heterocycles. The second kappa shape index (κ2) is 9.82. The Kier molecular flexibility index (Phi) is 6.80. The molecule has 184 valence electrons. The fraction of sp³-hybridized carbons (Fsp3) is 0.593. The van der Waals surface area contributed by atoms with E-state index >= 15 is 0 Å². The summed E-state index contributed by atoms with van der Waals surface area (Å²) in [5.41, 5.74) is 0.136. The van der Waals surface area contributed by atoms with Gasteiger partial charge >= 0.3 is 5.97 Å². The van der Waals surface area contributed by atoms with Crippen molar-refractivity contribution < 1.29 is 33.2 Å². The number of ether oxygens (including phenoxy) is 6. The van der Waals surface area contributed by atoms with Gasteiger partial charge < -0.3 is 28.4 Å². The highest BCUT2D eigenvalue weighted by atomic mass is 16.7. The Bertz CT molecular complexity index is 915. The van der Waals surface area contributed by atoms with Crippen LogP contribution in [0.1, 0.15) is 51.4 Å². The molecule has 4 aliphatic rings. The highest BCUT2D eigenvalue weighted by molar-refractivity contribution is 5.87. The molecule has 8 atom stereocenters. The molecule has 0 unspecified atom stereocenters. The van der Waals surface area contributed by atoms with Crippen LogP contribution in [0.15, 0.2) is 54.8 Å². The molecule has 4 heterocycles. The Balaban J connectivity index is 1.28. The van der Waals surface area contributed by atoms with Crippen molar-refractivity contribution in [2.45, 2.75) is 81.9 Å². The molecule has 0 radical (unpaired) electrons. The maximum atomic E-state index is 13.1. The summed E-state index contributed by atoms with van der Waals surface area (Å²) in [4.78, 5) is 13.1. The number of esters is 1. The monoisotopic (exact) mass is 470 g/mol. The highest BCUT2D eigenvalue weighted by Crippen LogP contribution is 2.42. The fourth-order valence-electron chi connectivity index (χ4n) is 5.31. The molecule has 7 nitrogen and oxygen atoms in total. The summed E-state index contributed by atoms with van der Waals surface area (Å²) >= 11 is 0. The molecule has 0 N–H and O–H groups in total. The number of benzene rings is 1. The zero-order valence-electron chi connectivity index (χ0n) is 19.9. The molecule has 7 heteroatoms. The minimum atomic E-state index is -0.824. The SMILES string of the molecule is C=C[C@@H](C)[C@H]1OCCC[C@@H]1OC1=CC[C@@H]2O[C@@H]3CO[C@@H](c4ccccc4)O[C@H]3C[C@@]2(C)OC1=O. The van der Waals surface area contributed by atoms with Gasteiger partial charge in [-0.25, -0.2) is 4.79 Å². The Morgan fingerprint density at radius 3 is 2.79 bits per heavy atom. The van der Waals surface area contributed by atoms with Crippen LogP contribution in [0.25, 0.3) is 0 Å². The molecule has 5 rings (SSSR count). The summed E-state index contributed by atoms with van der Waals surface area (Å²) in [7, 11) is 0. The first kappa shape index (κ1) is 23.5. The van der Waals surface area contributed by atoms with E-state index in [-0.39, 0.29) is 42.2 Å². The molecular formula is C27H34O7. The van der Waals surface area contributed by atoms with Crippen LogP contribution < -0.4 is 0 Å². The van der Waals surface area contributed by atoms with Crippen molar-refractivity contribution in [1.82, 2.24) is 0 Å². The van der Waals surface area contributed by atoms with E-state index in [1.54, 1.807) is 6.08 Å². The van der Waals surface area contributed by atoms with E-state index in [1.165, 1.54) is 0 Å². The third-order valence-electron chi connectivity index (χ3n) is 7.35. The topological polar surface area (TPSA) is 72.5 Å². The summed E-state index contributed by atoms with van der Waals surface area (Å²) in [5.74, 6) is -0.110. The van der Waals surface area contributed by atoms with E-state index in [1.807, 2.05) is 43.3 Å². The Morgan fingerprint density at radius 1 is 1.18 bits per heavy atom. The van der Waals surface area contributed by atoms with E-state index in [9.17, 15) is 4.79 Å². The molecule has 0 spiro atoms. The molecule has 0 amide bonds. The Labute approximate surface area is 201 Å². The summed E-state index contributed by atoms with van der Waals surface area (Å²) in [5, 5.41) is 0. The lowest BCUT2D eigenvalue weighted by Crippen LogP contribution is -2.59. The van der Waals surface area contributed by atoms with Crippen molar-refractivity contribution in [3.8, 4) is 0 Å². The van der Waals surface area contributed by atoms with Crippen molar-refractivity contribution in [2.24, 2.45) is 5.92 Å². The molecule has 0 aliphatic carbocycles. The zero-order chi connectivity index (χ0) is 23.7. The predicted octanol–water partition coefficient (Wildman–Crippen LogP) is 4.23. The van der Waals surface area contributed by atoms with Gasteiger partial charge in [-0.1, -0.05) is 43.3 Å². The van der Waals surface area contributed by atoms with E-state index in [0.29, 0.717) is 26.1 Å². The van der Waals surface area contributed by atoms with E-state index in [0.717, 1.165) is 18.4 Å². The van der Waals surface area contributed by atoms with Crippen LogP contribution in [0.4, 0.5) is 0 Å². The van der Waals surface area contributed by atoms with Gasteiger partial charge in [-0.15, -0.1) is 6.58 Å². The van der Waals surface area contributed by atoms with Gasteiger partial charge in [0.25, 0.3) is 0 Å². The molecule has 0 bridgehead atoms. The lowest BCUT2D eigenvalue weighted by Gasteiger charge is -2.49. The van der Waals surface area contributed by atoms with Crippen molar-refractivity contribution >= 4 is 5.97 Å². The van der Waals surface area contributed by atoms with E-state index in [2.05, 4.69) is 13.5 Å². The van der Waals surface area contributed by atoms with Gasteiger partial charge in [0.1, 0.15) is 30.0 Å². The van der Waals surface area contributed by atoms with Crippen LogP contribution in [0, 0.1) is 5.92 Å². The summed E-state index contributed by atoms with van der Waals surface area (Å²) in [6.45, 7) is 8.98. The quantitative estimate of drug-likeness (QED) is 0.471. The van der Waals surface area contributed by atoms with Gasteiger partial charge in [-0.05, 0) is 32.3 Å². The Hall–Kier alpha value is -2.19. The largest absolute Gasteiger partial charge is 0.481 e. The first-order valence-corrected chi connectivity index (χ1v) is 12.3. The van der Waals surface area contributed by atoms with Crippen molar-refractivity contribution in [3.63, 3.8) is 0 Å². The molecule has 1 aromatic carbocycles. The van der Waals surface area contributed by atoms with Gasteiger partial charge in [0, 0.05) is 24.5 Å². The number of carbonyl (C=O) groups is 1. The summed E-state index contributed by atoms with van der Waals surface area (Å²) in [6, 6.07) is 9.84. The number of rotatable bonds is 5. The average molecular weight is 471 g/mol. The highest BCUT2D eigenvalue weighted by Gasteiger charge is 2.52. The molecule has 34 heavy (non-hydrogen) atoms. The summed E-state index contributed by atoms with van der Waals surface area (Å²) < 4.78 is 36.7. The second-order valence-corrected chi connectivity index (χ2v) is 9.85. The van der Waals surface area contributed by atoms with Crippen LogP contribution in [0.5, 0.6) is 0 Å². The van der Waals surface area contributed by atoms with Gasteiger partial charge in [0.05, 0.1) is 12.7 Å². The minimum absolute atomic E-state index is 0.119. The molecule has 4 aliphatic heterocycles. The molecule has 0 aromatic heterocycles. The number of hydrogen-bond acceptors (Lipinski definition) is 7. The first-order valence-electron chi connectivity index (χ1n) is 12.3. The molecule has 0 saturated carbocycles. The fourth-order valence-corrected chi connectivity index (χ4v) is 5.31. The van der Waals surface area contributed by atoms with Gasteiger partial charge in [-0.3, -0.25) is 0 Å². The average Bonchev–Trinajstić information content (AvgIpc) is 2.97. The normalized spacial score (nSPS) is 38.9. The number of carbonyl (C=O) groups excluding carboxylic acids is 1. The predicted molar refractivity (Wildman–Crippen MR) is 124 cm³/mol. The van der Waals surface area contributed by atoms with Crippen LogP contribution in [-0.4, -0.2) is 55.3 Å². The number of hydrogen-bond donors (Lipinski definition) is 0. The van der Waals surface area contributed by atoms with Crippen molar-refractivity contribution in [3.05, 3.63) is 60.4 Å². The van der Waals surface area contributed by atoms with Gasteiger partial charge in [-0.2, -0.15) is 0 Å². The van der Waals surface area contributed by atoms with Gasteiger partial charge in [0.15, 0.2) is 6.29 Å². The standard InChI is InChI=1S/C27H34O7/c1-4-17(2)24-19(11-8-14-29-24)31-20-12-13-23-27(3,34-25(20)28)15-21-22(32-23)16-30-26(33-21)18-9-6-5-7-10-18/h4-7,9-10,12,17,19,21-24,26H,1,8,11,13-16H2,2-3H3/t17-,19+,21+,22-,23+,24-,26-,27-/m1/s1. The van der Waals surface area contributed by atoms with Crippen LogP contribution in [0.2, 0.25) is 0 Å². The van der Waals surface area contributed by atoms with Crippen LogP contribution >= 0.6 is 0 Å². The number of fused-ring (bicyclic) bond motifs is 2. The molecule has 1 aromatic rings. The van der Waals surface area contributed by atoms with Gasteiger partial charge in [0.2, 0.25) is 5.76 Å². The summed E-state index contributed by atoms with van der Waals surface area (Å²) in [6.07, 6.45) is 4.86. The van der Waals surface area contributed by atoms with Crippen molar-refractivity contribution in [1.29, 1.82) is 0 Å². The minimum Gasteiger partial charge on any atom is -0.481 e. The third-order valence-corrected chi connectivity index (χ3v) is 7.35. The maximum absolute atomic E-state index is 13.1. The smallest absolute Gasteiger partial charge is 0.373 e. The van der Waals surface area contributed by atoms with Crippen LogP contribution in [-0.2, 0) is 33.2 Å². The third kappa shape index (κ3) is 4.67. The zero-order valence-corrected chi connectivity index (χ0v) is 19.9. The lowest BCUT2D eigenvalue weighted by atomic mass is 9.84. The molecule has 3 fully saturated rings. The maximum Gasteiger partial charge on any atom is 0.373 e. The van der Waals surface area contributed by atoms with Crippen molar-refractivity contribution in [2.75, 3.05) is 13.2 Å². The van der Waals surface area contributed by atoms with Crippen LogP contribution in [0.3, 0.4) is 0 Å². The Morgan fingerprint density at radius 2 is 2.00 bits per heavy atom. The lowest BCUT2D eigenvalue weighted by molar-refractivity contribution is -0.316. The van der Waals surface area contributed by atoms with E-state index in [4.69, 9.17) is 28.4 Å². The second-order valence-electron chi connectivity index (χ2n) is 9.85. The molecular weight excluding hydrogens is 436 g/mol. The first-order chi connectivity index (χ1) is 16.5. The van der Waals surface area contributed by atoms with E-state index < -0.39 is 17.9 Å².